The molecule has 5 heteroatoms. The molecule has 0 spiro atoms. The Labute approximate surface area is 262 Å². The van der Waals surface area contributed by atoms with E-state index in [1.807, 2.05) is 36.5 Å². The topological polar surface area (TPSA) is 55.9 Å². The first-order chi connectivity index (χ1) is 21.8. The Morgan fingerprint density at radius 3 is 1.64 bits per heavy atom. The Morgan fingerprint density at radius 1 is 0.533 bits per heavy atom. The molecule has 1 N–H and O–H groups in total. The summed E-state index contributed by atoms with van der Waals surface area (Å²) in [6, 6.07) is 39.9. The lowest BCUT2D eigenvalue weighted by Gasteiger charge is -2.33. The summed E-state index contributed by atoms with van der Waals surface area (Å²) in [4.78, 5) is 9.32. The molecule has 0 amide bonds. The molecular formula is C40H34N4O. The normalized spacial score (nSPS) is 13.6. The molecule has 4 aromatic heterocycles. The zero-order valence-corrected chi connectivity index (χ0v) is 25.9. The summed E-state index contributed by atoms with van der Waals surface area (Å²) in [5.74, 6) is 1.84. The van der Waals surface area contributed by atoms with Crippen LogP contribution < -0.4 is 0 Å². The molecule has 0 radical (unpaired) electrons. The van der Waals surface area contributed by atoms with Crippen LogP contribution in [0.4, 0.5) is 0 Å². The Morgan fingerprint density at radius 2 is 1.02 bits per heavy atom. The van der Waals surface area contributed by atoms with Crippen molar-refractivity contribution in [1.82, 2.24) is 19.1 Å². The predicted molar refractivity (Wildman–Crippen MR) is 185 cm³/mol. The second-order valence-corrected chi connectivity index (χ2v) is 12.9. The monoisotopic (exact) mass is 586 g/mol. The standard InChI is InChI=1S/C20H18N2O.C20H16N2/c1-20(2,23)16-10-7-13-21-19(16)22-17-11-5-3-8-14(17)15-9-4-6-12-18(15)22;1-20(2)15-9-5-8-14-13-7-3-4-11-17(13)22(18(14)15)19-16(20)10-6-12-21-19/h3-13,23H,1-2H3;3-12H,1-2H3. The predicted octanol–water partition coefficient (Wildman–Crippen LogP) is 9.22. The van der Waals surface area contributed by atoms with E-state index in [0.717, 1.165) is 28.2 Å². The minimum absolute atomic E-state index is 0.0342. The molecule has 5 nitrogen and oxygen atoms in total. The third-order valence-corrected chi connectivity index (χ3v) is 9.28. The van der Waals surface area contributed by atoms with Gasteiger partial charge in [0, 0.05) is 50.5 Å². The summed E-state index contributed by atoms with van der Waals surface area (Å²) >= 11 is 0. The highest BCUT2D eigenvalue weighted by Gasteiger charge is 2.35. The molecule has 0 saturated carbocycles. The number of rotatable bonds is 2. The van der Waals surface area contributed by atoms with Crippen molar-refractivity contribution in [2.75, 3.05) is 0 Å². The number of para-hydroxylation sites is 4. The first kappa shape index (κ1) is 27.3. The van der Waals surface area contributed by atoms with Crippen LogP contribution in [0.3, 0.4) is 0 Å². The van der Waals surface area contributed by atoms with Gasteiger partial charge in [0.1, 0.15) is 11.6 Å². The smallest absolute Gasteiger partial charge is 0.143 e. The lowest BCUT2D eigenvalue weighted by molar-refractivity contribution is 0.0782. The average molecular weight is 587 g/mol. The van der Waals surface area contributed by atoms with Crippen LogP contribution in [-0.2, 0) is 11.0 Å². The molecule has 1 aliphatic heterocycles. The third-order valence-electron chi connectivity index (χ3n) is 9.28. The molecule has 5 heterocycles. The molecule has 0 fully saturated rings. The van der Waals surface area contributed by atoms with Gasteiger partial charge in [-0.25, -0.2) is 9.97 Å². The van der Waals surface area contributed by atoms with Gasteiger partial charge in [-0.2, -0.15) is 0 Å². The van der Waals surface area contributed by atoms with E-state index < -0.39 is 5.60 Å². The van der Waals surface area contributed by atoms with Gasteiger partial charge in [-0.3, -0.25) is 9.13 Å². The number of pyridine rings is 2. The number of hydrogen-bond donors (Lipinski definition) is 1. The van der Waals surface area contributed by atoms with E-state index >= 15 is 0 Å². The maximum atomic E-state index is 10.6. The average Bonchev–Trinajstić information content (AvgIpc) is 3.57. The number of aliphatic hydroxyl groups is 1. The van der Waals surface area contributed by atoms with Crippen molar-refractivity contribution < 1.29 is 5.11 Å². The summed E-state index contributed by atoms with van der Waals surface area (Å²) < 4.78 is 4.47. The van der Waals surface area contributed by atoms with Crippen LogP contribution in [0.15, 0.2) is 128 Å². The van der Waals surface area contributed by atoms with E-state index in [9.17, 15) is 5.11 Å². The zero-order valence-electron chi connectivity index (χ0n) is 25.9. The van der Waals surface area contributed by atoms with Gasteiger partial charge in [0.15, 0.2) is 0 Å². The van der Waals surface area contributed by atoms with E-state index in [-0.39, 0.29) is 5.41 Å². The molecule has 0 unspecified atom stereocenters. The van der Waals surface area contributed by atoms with Crippen LogP contribution in [0.25, 0.3) is 55.2 Å². The van der Waals surface area contributed by atoms with Crippen molar-refractivity contribution in [3.8, 4) is 11.6 Å². The van der Waals surface area contributed by atoms with Crippen molar-refractivity contribution in [3.05, 3.63) is 144 Å². The summed E-state index contributed by atoms with van der Waals surface area (Å²) in [5, 5.41) is 15.6. The first-order valence-corrected chi connectivity index (χ1v) is 15.4. The zero-order chi connectivity index (χ0) is 30.9. The van der Waals surface area contributed by atoms with Crippen LogP contribution in [0.2, 0.25) is 0 Å². The quantitative estimate of drug-likeness (QED) is 0.220. The minimum atomic E-state index is -0.962. The Bertz CT molecular complexity index is 2350. The van der Waals surface area contributed by atoms with E-state index in [4.69, 9.17) is 4.98 Å². The maximum Gasteiger partial charge on any atom is 0.143 e. The SMILES string of the molecule is CC(C)(O)c1cccnc1-n1c2ccccc2c2ccccc21.CC1(C)c2cccnc2-n2c3ccccc3c3cccc1c32. The van der Waals surface area contributed by atoms with Gasteiger partial charge in [0.2, 0.25) is 0 Å². The molecule has 0 bridgehead atoms. The van der Waals surface area contributed by atoms with E-state index in [1.165, 1.54) is 43.7 Å². The second-order valence-electron chi connectivity index (χ2n) is 12.9. The molecule has 1 aliphatic rings. The fourth-order valence-electron chi connectivity index (χ4n) is 7.15. The van der Waals surface area contributed by atoms with Gasteiger partial charge in [-0.1, -0.05) is 98.8 Å². The number of fused-ring (bicyclic) bond motifs is 8. The summed E-state index contributed by atoms with van der Waals surface area (Å²) in [6.45, 7) is 8.18. The highest BCUT2D eigenvalue weighted by molar-refractivity contribution is 6.11. The second kappa shape index (κ2) is 9.88. The van der Waals surface area contributed by atoms with Crippen molar-refractivity contribution in [1.29, 1.82) is 0 Å². The van der Waals surface area contributed by atoms with Crippen molar-refractivity contribution in [2.45, 2.75) is 38.7 Å². The summed E-state index contributed by atoms with van der Waals surface area (Å²) in [6.07, 6.45) is 3.66. The summed E-state index contributed by atoms with van der Waals surface area (Å²) in [5.41, 5.74) is 7.21. The molecule has 8 aromatic rings. The van der Waals surface area contributed by atoms with Crippen molar-refractivity contribution in [3.63, 3.8) is 0 Å². The van der Waals surface area contributed by atoms with Gasteiger partial charge in [0.05, 0.1) is 27.7 Å². The van der Waals surface area contributed by atoms with Crippen LogP contribution in [0, 0.1) is 0 Å². The fourth-order valence-corrected chi connectivity index (χ4v) is 7.15. The highest BCUT2D eigenvalue weighted by atomic mass is 16.3. The lowest BCUT2D eigenvalue weighted by atomic mass is 9.76. The van der Waals surface area contributed by atoms with E-state index in [1.54, 1.807) is 20.0 Å². The number of benzene rings is 4. The van der Waals surface area contributed by atoms with Crippen LogP contribution in [0.5, 0.6) is 0 Å². The van der Waals surface area contributed by atoms with Crippen LogP contribution in [-0.4, -0.2) is 24.2 Å². The third kappa shape index (κ3) is 4.04. The minimum Gasteiger partial charge on any atom is -0.386 e. The Hall–Kier alpha value is -5.26. The number of hydrogen-bond acceptors (Lipinski definition) is 3. The molecule has 0 atom stereocenters. The van der Waals surface area contributed by atoms with Gasteiger partial charge < -0.3 is 5.11 Å². The van der Waals surface area contributed by atoms with Crippen LogP contribution >= 0.6 is 0 Å². The van der Waals surface area contributed by atoms with E-state index in [0.29, 0.717) is 0 Å². The van der Waals surface area contributed by atoms with Gasteiger partial charge >= 0.3 is 0 Å². The van der Waals surface area contributed by atoms with Gasteiger partial charge in [-0.05, 0) is 49.7 Å². The summed E-state index contributed by atoms with van der Waals surface area (Å²) in [7, 11) is 0. The molecule has 220 valence electrons. The molecule has 9 rings (SSSR count). The van der Waals surface area contributed by atoms with Gasteiger partial charge in [0.25, 0.3) is 0 Å². The van der Waals surface area contributed by atoms with Crippen molar-refractivity contribution >= 4 is 43.6 Å². The maximum absolute atomic E-state index is 10.6. The molecular weight excluding hydrogens is 552 g/mol. The fraction of sp³-hybridized carbons (Fsp3) is 0.150. The van der Waals surface area contributed by atoms with Gasteiger partial charge in [-0.15, -0.1) is 0 Å². The lowest BCUT2D eigenvalue weighted by Crippen LogP contribution is -2.26. The molecule has 4 aromatic carbocycles. The Kier molecular flexibility index (Phi) is 5.99. The highest BCUT2D eigenvalue weighted by Crippen LogP contribution is 2.46. The number of aromatic nitrogens is 4. The molecule has 0 saturated heterocycles. The van der Waals surface area contributed by atoms with E-state index in [2.05, 4.69) is 113 Å². The molecule has 45 heavy (non-hydrogen) atoms. The Balaban J connectivity index is 0.000000134. The van der Waals surface area contributed by atoms with Crippen molar-refractivity contribution in [2.24, 2.45) is 0 Å². The number of nitrogens with zero attached hydrogens (tertiary/aromatic N) is 4. The first-order valence-electron chi connectivity index (χ1n) is 15.4. The van der Waals surface area contributed by atoms with Crippen LogP contribution in [0.1, 0.15) is 44.4 Å². The largest absolute Gasteiger partial charge is 0.386 e. The molecule has 0 aliphatic carbocycles.